The molecular weight excluding hydrogens is 180 g/mol. The Balaban J connectivity index is 3.93. The molecule has 14 heavy (non-hydrogen) atoms. The van der Waals surface area contributed by atoms with Gasteiger partial charge in [-0.15, -0.1) is 0 Å². The van der Waals surface area contributed by atoms with Gasteiger partial charge in [0.2, 0.25) is 0 Å². The second-order valence-electron chi connectivity index (χ2n) is 4.02. The molecule has 0 aliphatic heterocycles. The molecular formula is C10H22N2O2. The molecule has 0 saturated heterocycles. The van der Waals surface area contributed by atoms with Crippen molar-refractivity contribution in [1.29, 1.82) is 0 Å². The van der Waals surface area contributed by atoms with Crippen molar-refractivity contribution in [3.63, 3.8) is 0 Å². The van der Waals surface area contributed by atoms with Crippen LogP contribution in [0.3, 0.4) is 0 Å². The van der Waals surface area contributed by atoms with E-state index in [1.54, 1.807) is 13.8 Å². The van der Waals surface area contributed by atoms with E-state index in [2.05, 4.69) is 5.32 Å². The van der Waals surface area contributed by atoms with Gasteiger partial charge in [0.1, 0.15) is 5.60 Å². The first-order chi connectivity index (χ1) is 6.44. The molecule has 3 N–H and O–H groups in total. The number of rotatable bonds is 6. The number of ether oxygens (including phenoxy) is 1. The van der Waals surface area contributed by atoms with Crippen LogP contribution in [0.5, 0.6) is 0 Å². The number of amides is 1. The fourth-order valence-electron chi connectivity index (χ4n) is 0.986. The van der Waals surface area contributed by atoms with E-state index >= 15 is 0 Å². The smallest absolute Gasteiger partial charge is 0.251 e. The van der Waals surface area contributed by atoms with Gasteiger partial charge in [0.25, 0.3) is 5.91 Å². The zero-order chi connectivity index (χ0) is 11.2. The van der Waals surface area contributed by atoms with E-state index < -0.39 is 5.60 Å². The number of methoxy groups -OCH3 is 1. The van der Waals surface area contributed by atoms with Crippen LogP contribution < -0.4 is 11.1 Å². The minimum absolute atomic E-state index is 0.0791. The largest absolute Gasteiger partial charge is 0.369 e. The van der Waals surface area contributed by atoms with Crippen LogP contribution in [-0.4, -0.2) is 31.2 Å². The quantitative estimate of drug-likeness (QED) is 0.665. The Labute approximate surface area is 86.2 Å². The predicted octanol–water partition coefficient (Wildman–Crippen LogP) is 0.655. The van der Waals surface area contributed by atoms with E-state index in [0.29, 0.717) is 6.54 Å². The number of carbonyl (C=O) groups excluding carboxylic acids is 1. The molecule has 0 aliphatic carbocycles. The molecule has 0 saturated carbocycles. The van der Waals surface area contributed by atoms with E-state index in [9.17, 15) is 4.79 Å². The molecule has 0 spiro atoms. The highest BCUT2D eigenvalue weighted by molar-refractivity contribution is 5.84. The lowest BCUT2D eigenvalue weighted by Gasteiger charge is -2.24. The maximum absolute atomic E-state index is 11.6. The van der Waals surface area contributed by atoms with Crippen molar-refractivity contribution < 1.29 is 9.53 Å². The van der Waals surface area contributed by atoms with Crippen LogP contribution in [0.25, 0.3) is 0 Å². The lowest BCUT2D eigenvalue weighted by molar-refractivity contribution is -0.140. The zero-order valence-electron chi connectivity index (χ0n) is 9.59. The van der Waals surface area contributed by atoms with Gasteiger partial charge in [0.05, 0.1) is 0 Å². The second kappa shape index (κ2) is 5.98. The topological polar surface area (TPSA) is 64.3 Å². The molecule has 0 heterocycles. The fraction of sp³-hybridized carbons (Fsp3) is 0.900. The van der Waals surface area contributed by atoms with E-state index in [1.165, 1.54) is 7.11 Å². The monoisotopic (exact) mass is 202 g/mol. The Morgan fingerprint density at radius 2 is 2.14 bits per heavy atom. The van der Waals surface area contributed by atoms with Crippen LogP contribution in [0.2, 0.25) is 0 Å². The van der Waals surface area contributed by atoms with Crippen molar-refractivity contribution >= 4 is 5.91 Å². The van der Waals surface area contributed by atoms with Crippen LogP contribution in [0.4, 0.5) is 0 Å². The van der Waals surface area contributed by atoms with Crippen LogP contribution in [-0.2, 0) is 9.53 Å². The Bertz CT molecular complexity index is 181. The van der Waals surface area contributed by atoms with Crippen LogP contribution >= 0.6 is 0 Å². The van der Waals surface area contributed by atoms with Gasteiger partial charge in [-0.2, -0.15) is 0 Å². The summed E-state index contributed by atoms with van der Waals surface area (Å²) in [6.07, 6.45) is 1.83. The average Bonchev–Trinajstić information content (AvgIpc) is 2.14. The van der Waals surface area contributed by atoms with E-state index in [4.69, 9.17) is 10.5 Å². The maximum Gasteiger partial charge on any atom is 0.251 e. The number of hydrogen-bond acceptors (Lipinski definition) is 3. The normalized spacial score (nSPS) is 13.8. The summed E-state index contributed by atoms with van der Waals surface area (Å²) in [4.78, 5) is 11.6. The summed E-state index contributed by atoms with van der Waals surface area (Å²) < 4.78 is 5.07. The van der Waals surface area contributed by atoms with Gasteiger partial charge in [-0.3, -0.25) is 4.79 Å². The standard InChI is InChI=1S/C10H22N2O2/c1-8(6-5-7-11)12-9(13)10(2,3)14-4/h8H,5-7,11H2,1-4H3,(H,12,13). The van der Waals surface area contributed by atoms with Gasteiger partial charge < -0.3 is 15.8 Å². The molecule has 0 aromatic carbocycles. The molecule has 1 amide bonds. The SMILES string of the molecule is COC(C)(C)C(=O)NC(C)CCCN. The van der Waals surface area contributed by atoms with Crippen LogP contribution in [0, 0.1) is 0 Å². The summed E-state index contributed by atoms with van der Waals surface area (Å²) in [6, 6.07) is 0.153. The van der Waals surface area contributed by atoms with Gasteiger partial charge in [0, 0.05) is 13.2 Å². The third kappa shape index (κ3) is 4.58. The molecule has 0 fully saturated rings. The number of nitrogens with one attached hydrogen (secondary N) is 1. The Morgan fingerprint density at radius 3 is 2.57 bits per heavy atom. The summed E-state index contributed by atoms with van der Waals surface area (Å²) in [5.74, 6) is -0.0791. The molecule has 84 valence electrons. The molecule has 0 radical (unpaired) electrons. The first-order valence-corrected chi connectivity index (χ1v) is 5.00. The van der Waals surface area contributed by atoms with E-state index in [-0.39, 0.29) is 11.9 Å². The lowest BCUT2D eigenvalue weighted by atomic mass is 10.1. The highest BCUT2D eigenvalue weighted by Gasteiger charge is 2.27. The van der Waals surface area contributed by atoms with Crippen molar-refractivity contribution in [2.24, 2.45) is 5.73 Å². The third-order valence-corrected chi connectivity index (χ3v) is 2.28. The summed E-state index contributed by atoms with van der Waals surface area (Å²) in [5.41, 5.74) is 4.63. The first kappa shape index (κ1) is 13.4. The zero-order valence-corrected chi connectivity index (χ0v) is 9.59. The maximum atomic E-state index is 11.6. The highest BCUT2D eigenvalue weighted by atomic mass is 16.5. The van der Waals surface area contributed by atoms with Crippen molar-refractivity contribution in [2.75, 3.05) is 13.7 Å². The number of nitrogens with two attached hydrogens (primary N) is 1. The summed E-state index contributed by atoms with van der Waals surface area (Å²) in [7, 11) is 1.53. The van der Waals surface area contributed by atoms with Crippen molar-refractivity contribution in [1.82, 2.24) is 5.32 Å². The van der Waals surface area contributed by atoms with Gasteiger partial charge >= 0.3 is 0 Å². The first-order valence-electron chi connectivity index (χ1n) is 5.00. The number of hydrogen-bond donors (Lipinski definition) is 2. The van der Waals surface area contributed by atoms with Gasteiger partial charge in [-0.25, -0.2) is 0 Å². The molecule has 4 heteroatoms. The highest BCUT2D eigenvalue weighted by Crippen LogP contribution is 2.08. The van der Waals surface area contributed by atoms with Gasteiger partial charge in [-0.1, -0.05) is 0 Å². The second-order valence-corrected chi connectivity index (χ2v) is 4.02. The van der Waals surface area contributed by atoms with Crippen molar-refractivity contribution in [3.8, 4) is 0 Å². The van der Waals surface area contributed by atoms with Crippen LogP contribution in [0.1, 0.15) is 33.6 Å². The molecule has 0 aromatic heterocycles. The molecule has 0 aromatic rings. The molecule has 1 atom stereocenters. The van der Waals surface area contributed by atoms with Crippen molar-refractivity contribution in [3.05, 3.63) is 0 Å². The minimum Gasteiger partial charge on any atom is -0.369 e. The summed E-state index contributed by atoms with van der Waals surface area (Å²) >= 11 is 0. The summed E-state index contributed by atoms with van der Waals surface area (Å²) in [6.45, 7) is 6.13. The molecule has 1 unspecified atom stereocenters. The minimum atomic E-state index is -0.753. The Morgan fingerprint density at radius 1 is 1.57 bits per heavy atom. The lowest BCUT2D eigenvalue weighted by Crippen LogP contribution is -2.47. The molecule has 0 bridgehead atoms. The van der Waals surface area contributed by atoms with Crippen molar-refractivity contribution in [2.45, 2.75) is 45.3 Å². The number of carbonyl (C=O) groups is 1. The molecule has 0 rings (SSSR count). The average molecular weight is 202 g/mol. The van der Waals surface area contributed by atoms with Gasteiger partial charge in [0.15, 0.2) is 0 Å². The van der Waals surface area contributed by atoms with E-state index in [0.717, 1.165) is 12.8 Å². The Kier molecular flexibility index (Phi) is 5.72. The third-order valence-electron chi connectivity index (χ3n) is 2.28. The molecule has 4 nitrogen and oxygen atoms in total. The predicted molar refractivity (Wildman–Crippen MR) is 57.0 cm³/mol. The van der Waals surface area contributed by atoms with Gasteiger partial charge in [-0.05, 0) is 40.2 Å². The molecule has 0 aliphatic rings. The van der Waals surface area contributed by atoms with Crippen LogP contribution in [0.15, 0.2) is 0 Å². The summed E-state index contributed by atoms with van der Waals surface area (Å²) in [5, 5.41) is 2.89. The van der Waals surface area contributed by atoms with E-state index in [1.807, 2.05) is 6.92 Å². The Hall–Kier alpha value is -0.610. The fourth-order valence-corrected chi connectivity index (χ4v) is 0.986.